The van der Waals surface area contributed by atoms with E-state index in [-0.39, 0.29) is 11.4 Å². The monoisotopic (exact) mass is 173 g/mol. The maximum atomic E-state index is 11.1. The minimum Gasteiger partial charge on any atom is -0.351 e. The molecule has 12 heavy (non-hydrogen) atoms. The summed E-state index contributed by atoms with van der Waals surface area (Å²) in [5.41, 5.74) is 3.58. The van der Waals surface area contributed by atoms with E-state index in [4.69, 9.17) is 0 Å². The lowest BCUT2D eigenvalue weighted by atomic mass is 10.3. The molecule has 1 saturated carbocycles. The van der Waals surface area contributed by atoms with Gasteiger partial charge in [-0.1, -0.05) is 20.8 Å². The van der Waals surface area contributed by atoms with Crippen LogP contribution in [0.1, 0.15) is 40.0 Å². The van der Waals surface area contributed by atoms with Crippen molar-refractivity contribution in [3.8, 4) is 0 Å². The lowest BCUT2D eigenvalue weighted by Crippen LogP contribution is -2.70. The number of quaternary nitrogens is 1. The minimum atomic E-state index is -0.241. The Morgan fingerprint density at radius 1 is 1.50 bits per heavy atom. The maximum absolute atomic E-state index is 11.1. The number of carbonyl (C=O) groups excluding carboxylic acids is 1. The van der Waals surface area contributed by atoms with Gasteiger partial charge in [0.25, 0.3) is 5.91 Å². The van der Waals surface area contributed by atoms with Crippen molar-refractivity contribution in [1.82, 2.24) is 5.32 Å². The summed E-state index contributed by atoms with van der Waals surface area (Å²) in [6, 6.07) is 0. The Hall–Kier alpha value is -0.570. The van der Waals surface area contributed by atoms with Gasteiger partial charge < -0.3 is 11.1 Å². The minimum absolute atomic E-state index is 0.134. The average molecular weight is 173 g/mol. The predicted octanol–water partition coefficient (Wildman–Crippen LogP) is 0.313. The molecule has 1 aliphatic carbocycles. The fourth-order valence-corrected chi connectivity index (χ4v) is 0.804. The molecule has 0 saturated heterocycles. The number of amides is 1. The molecule has 3 nitrogen and oxygen atoms in total. The third-order valence-corrected chi connectivity index (χ3v) is 1.87. The zero-order valence-corrected chi connectivity index (χ0v) is 8.44. The molecule has 1 amide bonds. The highest BCUT2D eigenvalue weighted by Crippen LogP contribution is 2.29. The molecule has 4 N–H and O–H groups in total. The van der Waals surface area contributed by atoms with Crippen LogP contribution in [0.25, 0.3) is 0 Å². The Kier molecular flexibility index (Phi) is 4.90. The highest BCUT2D eigenvalue weighted by Gasteiger charge is 2.50. The fourth-order valence-electron chi connectivity index (χ4n) is 0.804. The van der Waals surface area contributed by atoms with Crippen LogP contribution in [0.4, 0.5) is 0 Å². The molecule has 0 atom stereocenters. The van der Waals surface area contributed by atoms with E-state index in [1.165, 1.54) is 0 Å². The van der Waals surface area contributed by atoms with E-state index in [1.807, 2.05) is 20.8 Å². The maximum Gasteiger partial charge on any atom is 0.281 e. The Bertz CT molecular complexity index is 141. The van der Waals surface area contributed by atoms with E-state index < -0.39 is 0 Å². The summed E-state index contributed by atoms with van der Waals surface area (Å²) in [6.45, 7) is 6.83. The summed E-state index contributed by atoms with van der Waals surface area (Å²) in [7, 11) is 0. The quantitative estimate of drug-likeness (QED) is 0.634. The van der Waals surface area contributed by atoms with E-state index >= 15 is 0 Å². The first-order valence-corrected chi connectivity index (χ1v) is 4.83. The normalized spacial score (nSPS) is 17.3. The van der Waals surface area contributed by atoms with Crippen LogP contribution in [0.5, 0.6) is 0 Å². The lowest BCUT2D eigenvalue weighted by molar-refractivity contribution is -0.420. The SMILES string of the molecule is CC.CCCNC(=O)C1([NH3+])CC1. The Morgan fingerprint density at radius 2 is 2.00 bits per heavy atom. The van der Waals surface area contributed by atoms with Crippen LogP contribution < -0.4 is 11.1 Å². The third kappa shape index (κ3) is 3.22. The molecule has 3 heteroatoms. The van der Waals surface area contributed by atoms with E-state index in [0.29, 0.717) is 0 Å². The fraction of sp³-hybridized carbons (Fsp3) is 0.889. The van der Waals surface area contributed by atoms with E-state index in [0.717, 1.165) is 25.8 Å². The summed E-state index contributed by atoms with van der Waals surface area (Å²) in [5, 5.41) is 2.83. The van der Waals surface area contributed by atoms with Gasteiger partial charge in [0.1, 0.15) is 0 Å². The van der Waals surface area contributed by atoms with Crippen molar-refractivity contribution in [3.05, 3.63) is 0 Å². The van der Waals surface area contributed by atoms with Gasteiger partial charge in [-0.05, 0) is 6.42 Å². The van der Waals surface area contributed by atoms with Crippen molar-refractivity contribution >= 4 is 5.91 Å². The van der Waals surface area contributed by atoms with Crippen LogP contribution in [-0.2, 0) is 4.79 Å². The predicted molar refractivity (Wildman–Crippen MR) is 49.5 cm³/mol. The molecule has 1 fully saturated rings. The number of hydrogen-bond acceptors (Lipinski definition) is 1. The molecule has 0 radical (unpaired) electrons. The summed E-state index contributed by atoms with van der Waals surface area (Å²) in [5.74, 6) is 0.134. The number of hydrogen-bond donors (Lipinski definition) is 2. The standard InChI is InChI=1S/C7H14N2O.C2H6/c1-2-5-9-6(10)7(8)3-4-7;1-2/h2-5,8H2,1H3,(H,9,10);1-2H3/p+1. The first-order chi connectivity index (χ1) is 5.69. The van der Waals surface area contributed by atoms with Crippen molar-refractivity contribution < 1.29 is 10.5 Å². The van der Waals surface area contributed by atoms with Crippen LogP contribution in [0.15, 0.2) is 0 Å². The van der Waals surface area contributed by atoms with Crippen molar-refractivity contribution in [3.63, 3.8) is 0 Å². The van der Waals surface area contributed by atoms with Crippen LogP contribution in [-0.4, -0.2) is 18.0 Å². The first kappa shape index (κ1) is 11.4. The Balaban J connectivity index is 0.000000561. The zero-order chi connectivity index (χ0) is 9.61. The second kappa shape index (κ2) is 5.14. The highest BCUT2D eigenvalue weighted by atomic mass is 16.2. The van der Waals surface area contributed by atoms with E-state index in [1.54, 1.807) is 0 Å². The lowest BCUT2D eigenvalue weighted by Gasteiger charge is -2.04. The van der Waals surface area contributed by atoms with Gasteiger partial charge in [0.15, 0.2) is 5.54 Å². The summed E-state index contributed by atoms with van der Waals surface area (Å²) in [6.07, 6.45) is 2.92. The number of carbonyl (C=O) groups is 1. The van der Waals surface area contributed by atoms with Gasteiger partial charge in [0.05, 0.1) is 0 Å². The molecule has 0 bridgehead atoms. The van der Waals surface area contributed by atoms with Gasteiger partial charge in [-0.15, -0.1) is 0 Å². The Morgan fingerprint density at radius 3 is 2.33 bits per heavy atom. The summed E-state index contributed by atoms with van der Waals surface area (Å²) >= 11 is 0. The average Bonchev–Trinajstić information content (AvgIpc) is 2.84. The van der Waals surface area contributed by atoms with Crippen LogP contribution in [0, 0.1) is 0 Å². The molecule has 0 spiro atoms. The molecule has 1 rings (SSSR count). The number of nitrogens with one attached hydrogen (secondary N) is 1. The van der Waals surface area contributed by atoms with Crippen LogP contribution >= 0.6 is 0 Å². The van der Waals surface area contributed by atoms with Gasteiger partial charge in [0.2, 0.25) is 0 Å². The largest absolute Gasteiger partial charge is 0.351 e. The molecular formula is C9H21N2O+. The zero-order valence-electron chi connectivity index (χ0n) is 8.44. The van der Waals surface area contributed by atoms with Gasteiger partial charge in [-0.25, -0.2) is 0 Å². The molecule has 0 aromatic heterocycles. The molecular weight excluding hydrogens is 152 g/mol. The van der Waals surface area contributed by atoms with Crippen LogP contribution in [0.2, 0.25) is 0 Å². The topological polar surface area (TPSA) is 56.7 Å². The molecule has 72 valence electrons. The molecule has 0 aromatic rings. The van der Waals surface area contributed by atoms with Crippen LogP contribution in [0.3, 0.4) is 0 Å². The third-order valence-electron chi connectivity index (χ3n) is 1.87. The summed E-state index contributed by atoms with van der Waals surface area (Å²) in [4.78, 5) is 11.1. The van der Waals surface area contributed by atoms with Crippen molar-refractivity contribution in [2.75, 3.05) is 6.54 Å². The molecule has 0 aromatic carbocycles. The summed E-state index contributed by atoms with van der Waals surface area (Å²) < 4.78 is 0. The van der Waals surface area contributed by atoms with Crippen molar-refractivity contribution in [2.24, 2.45) is 0 Å². The first-order valence-electron chi connectivity index (χ1n) is 4.83. The van der Waals surface area contributed by atoms with E-state index in [9.17, 15) is 4.79 Å². The van der Waals surface area contributed by atoms with Gasteiger partial charge >= 0.3 is 0 Å². The van der Waals surface area contributed by atoms with Crippen molar-refractivity contribution in [1.29, 1.82) is 0 Å². The van der Waals surface area contributed by atoms with Crippen molar-refractivity contribution in [2.45, 2.75) is 45.6 Å². The second-order valence-corrected chi connectivity index (χ2v) is 3.04. The van der Waals surface area contributed by atoms with E-state index in [2.05, 4.69) is 11.1 Å². The molecule has 0 aliphatic heterocycles. The second-order valence-electron chi connectivity index (χ2n) is 3.04. The van der Waals surface area contributed by atoms with Gasteiger partial charge in [0, 0.05) is 19.4 Å². The highest BCUT2D eigenvalue weighted by molar-refractivity contribution is 5.87. The number of rotatable bonds is 3. The molecule has 1 aliphatic rings. The molecule has 0 heterocycles. The smallest absolute Gasteiger partial charge is 0.281 e. The molecule has 0 unspecified atom stereocenters. The van der Waals surface area contributed by atoms with Gasteiger partial charge in [-0.3, -0.25) is 4.79 Å². The Labute approximate surface area is 74.7 Å². The van der Waals surface area contributed by atoms with Gasteiger partial charge in [-0.2, -0.15) is 0 Å².